The molecule has 0 aliphatic carbocycles. The van der Waals surface area contributed by atoms with Crippen molar-refractivity contribution in [3.63, 3.8) is 0 Å². The van der Waals surface area contributed by atoms with Crippen molar-refractivity contribution in [1.82, 2.24) is 0 Å². The normalized spacial score (nSPS) is 10.4. The first-order valence-corrected chi connectivity index (χ1v) is 5.57. The van der Waals surface area contributed by atoms with Crippen molar-refractivity contribution in [2.75, 3.05) is 0 Å². The van der Waals surface area contributed by atoms with Gasteiger partial charge in [-0.25, -0.2) is 9.59 Å². The first-order chi connectivity index (χ1) is 9.35. The lowest BCUT2D eigenvalue weighted by molar-refractivity contribution is -0.133. The second-order valence-electron chi connectivity index (χ2n) is 3.71. The molecule has 106 valence electrons. The van der Waals surface area contributed by atoms with E-state index in [-0.39, 0.29) is 17.7 Å². The Bertz CT molecular complexity index is 587. The number of Topliss-reactive ketones (excluding diaryl/α,β-unsaturated/α-hetero) is 1. The zero-order valence-electron chi connectivity index (χ0n) is 10.5. The second-order valence-corrected chi connectivity index (χ2v) is 3.71. The molecule has 0 saturated carbocycles. The summed E-state index contributed by atoms with van der Waals surface area (Å²) in [6.45, 7) is 1.55. The minimum absolute atomic E-state index is 0.0495. The fourth-order valence-corrected chi connectivity index (χ4v) is 1.41. The van der Waals surface area contributed by atoms with Crippen LogP contribution >= 0.6 is 0 Å². The third kappa shape index (κ3) is 3.84. The maximum Gasteiger partial charge on any atom is 0.336 e. The highest BCUT2D eigenvalue weighted by Gasteiger charge is 2.19. The minimum Gasteiger partial charge on any atom is -0.508 e. The molecule has 1 rings (SSSR count). The van der Waals surface area contributed by atoms with Gasteiger partial charge in [0.2, 0.25) is 0 Å². The van der Waals surface area contributed by atoms with Crippen LogP contribution in [0.25, 0.3) is 0 Å². The number of rotatable bonds is 5. The Morgan fingerprint density at radius 3 is 2.40 bits per heavy atom. The number of hydrogen-bond acceptors (Lipinski definition) is 6. The van der Waals surface area contributed by atoms with E-state index in [1.807, 2.05) is 0 Å². The van der Waals surface area contributed by atoms with Crippen LogP contribution in [0.15, 0.2) is 24.3 Å². The van der Waals surface area contributed by atoms with Crippen LogP contribution in [0.2, 0.25) is 0 Å². The van der Waals surface area contributed by atoms with Crippen LogP contribution in [0.3, 0.4) is 0 Å². The van der Waals surface area contributed by atoms with E-state index in [9.17, 15) is 24.6 Å². The molecular formula is C13H12O7. The summed E-state index contributed by atoms with van der Waals surface area (Å²) in [5, 5.41) is 27.3. The number of carbonyl (C=O) groups is 3. The third-order valence-electron chi connectivity index (χ3n) is 2.24. The van der Waals surface area contributed by atoms with Crippen LogP contribution in [0, 0.1) is 0 Å². The predicted molar refractivity (Wildman–Crippen MR) is 66.8 cm³/mol. The van der Waals surface area contributed by atoms with Crippen LogP contribution in [-0.2, 0) is 9.59 Å². The summed E-state index contributed by atoms with van der Waals surface area (Å²) in [4.78, 5) is 33.3. The number of phenolic OH excluding ortho intramolecular Hbond substituents is 2. The summed E-state index contributed by atoms with van der Waals surface area (Å²) in [7, 11) is 0. The molecule has 0 aromatic heterocycles. The van der Waals surface area contributed by atoms with E-state index in [0.717, 1.165) is 12.1 Å². The molecule has 0 radical (unpaired) electrons. The van der Waals surface area contributed by atoms with Crippen molar-refractivity contribution >= 4 is 17.7 Å². The largest absolute Gasteiger partial charge is 0.508 e. The fourth-order valence-electron chi connectivity index (χ4n) is 1.41. The quantitative estimate of drug-likeness (QED) is 0.321. The van der Waals surface area contributed by atoms with Crippen molar-refractivity contribution in [2.24, 2.45) is 0 Å². The Kier molecular flexibility index (Phi) is 4.85. The summed E-state index contributed by atoms with van der Waals surface area (Å²) in [6, 6.07) is 1.92. The summed E-state index contributed by atoms with van der Waals surface area (Å²) >= 11 is 0. The van der Waals surface area contributed by atoms with E-state index in [0.29, 0.717) is 12.2 Å². The average Bonchev–Trinajstić information content (AvgIpc) is 2.35. The van der Waals surface area contributed by atoms with E-state index in [1.165, 1.54) is 0 Å². The van der Waals surface area contributed by atoms with E-state index in [2.05, 4.69) is 0 Å². The number of carboxylic acids is 1. The van der Waals surface area contributed by atoms with Gasteiger partial charge in [0.15, 0.2) is 5.78 Å². The fraction of sp³-hybridized carbons (Fsp3) is 0.154. The molecular weight excluding hydrogens is 268 g/mol. The number of carbonyl (C=O) groups excluding carboxylic acids is 2. The minimum atomic E-state index is -1.34. The first kappa shape index (κ1) is 15.2. The number of phenols is 2. The van der Waals surface area contributed by atoms with Gasteiger partial charge in [-0.2, -0.15) is 0 Å². The zero-order valence-corrected chi connectivity index (χ0v) is 10.5. The topological polar surface area (TPSA) is 121 Å². The molecule has 1 aromatic rings. The monoisotopic (exact) mass is 280 g/mol. The highest BCUT2D eigenvalue weighted by molar-refractivity contribution is 6.02. The zero-order chi connectivity index (χ0) is 15.3. The van der Waals surface area contributed by atoms with Crippen molar-refractivity contribution in [3.8, 4) is 17.2 Å². The van der Waals surface area contributed by atoms with E-state index in [1.54, 1.807) is 6.92 Å². The molecule has 0 bridgehead atoms. The van der Waals surface area contributed by atoms with E-state index < -0.39 is 29.2 Å². The molecule has 0 unspecified atom stereocenters. The lowest BCUT2D eigenvalue weighted by Gasteiger charge is -2.10. The number of esters is 1. The van der Waals surface area contributed by atoms with Gasteiger partial charge in [0.1, 0.15) is 22.8 Å². The average molecular weight is 280 g/mol. The predicted octanol–water partition coefficient (Wildman–Crippen LogP) is 1.24. The molecule has 0 spiro atoms. The van der Waals surface area contributed by atoms with Gasteiger partial charge >= 0.3 is 11.9 Å². The van der Waals surface area contributed by atoms with Gasteiger partial charge in [-0.05, 0) is 0 Å². The van der Waals surface area contributed by atoms with E-state index >= 15 is 0 Å². The molecule has 0 fully saturated rings. The second kappa shape index (κ2) is 6.37. The molecule has 0 saturated heterocycles. The molecule has 1 aromatic carbocycles. The van der Waals surface area contributed by atoms with Gasteiger partial charge in [0.25, 0.3) is 0 Å². The van der Waals surface area contributed by atoms with E-state index in [4.69, 9.17) is 9.84 Å². The number of carboxylic acid groups (broad SMARTS) is 1. The first-order valence-electron chi connectivity index (χ1n) is 5.57. The standard InChI is InChI=1S/C13H12O7/c1-2-8(15)13-9(16)5-7(14)6-10(13)20-12(19)4-3-11(17)18/h3-6,14,16H,2H2,1H3,(H,17,18)/b4-3-. The Labute approximate surface area is 113 Å². The smallest absolute Gasteiger partial charge is 0.336 e. The summed E-state index contributed by atoms with van der Waals surface area (Å²) in [6.07, 6.45) is 1.25. The number of hydrogen-bond donors (Lipinski definition) is 3. The van der Waals surface area contributed by atoms with Crippen molar-refractivity contribution < 1.29 is 34.4 Å². The van der Waals surface area contributed by atoms with Crippen LogP contribution < -0.4 is 4.74 Å². The summed E-state index contributed by atoms with van der Waals surface area (Å²) in [5.74, 6) is -4.16. The lowest BCUT2D eigenvalue weighted by atomic mass is 10.1. The van der Waals surface area contributed by atoms with Gasteiger partial charge in [-0.1, -0.05) is 6.92 Å². The molecule has 20 heavy (non-hydrogen) atoms. The van der Waals surface area contributed by atoms with Crippen LogP contribution in [0.1, 0.15) is 23.7 Å². The van der Waals surface area contributed by atoms with Gasteiger partial charge in [-0.3, -0.25) is 4.79 Å². The molecule has 0 heterocycles. The van der Waals surface area contributed by atoms with Gasteiger partial charge in [0.05, 0.1) is 0 Å². The van der Waals surface area contributed by atoms with Crippen LogP contribution in [0.5, 0.6) is 17.2 Å². The number of ether oxygens (including phenoxy) is 1. The Morgan fingerprint density at radius 1 is 1.20 bits per heavy atom. The maximum atomic E-state index is 11.7. The van der Waals surface area contributed by atoms with Crippen molar-refractivity contribution in [3.05, 3.63) is 29.8 Å². The molecule has 0 amide bonds. The van der Waals surface area contributed by atoms with Crippen LogP contribution in [-0.4, -0.2) is 33.0 Å². The number of ketones is 1. The molecule has 0 aliphatic rings. The highest BCUT2D eigenvalue weighted by atomic mass is 16.5. The van der Waals surface area contributed by atoms with Gasteiger partial charge < -0.3 is 20.1 Å². The van der Waals surface area contributed by atoms with Crippen molar-refractivity contribution in [1.29, 1.82) is 0 Å². The molecule has 7 heteroatoms. The maximum absolute atomic E-state index is 11.7. The Hall–Kier alpha value is -2.83. The highest BCUT2D eigenvalue weighted by Crippen LogP contribution is 2.33. The number of benzene rings is 1. The van der Waals surface area contributed by atoms with Crippen molar-refractivity contribution in [2.45, 2.75) is 13.3 Å². The Morgan fingerprint density at radius 2 is 1.85 bits per heavy atom. The third-order valence-corrected chi connectivity index (χ3v) is 2.24. The van der Waals surface area contributed by atoms with Gasteiger partial charge in [0, 0.05) is 30.7 Å². The summed E-state index contributed by atoms with van der Waals surface area (Å²) in [5.41, 5.74) is -0.248. The molecule has 3 N–H and O–H groups in total. The lowest BCUT2D eigenvalue weighted by Crippen LogP contribution is -2.09. The molecule has 7 nitrogen and oxygen atoms in total. The molecule has 0 aliphatic heterocycles. The van der Waals surface area contributed by atoms with Crippen LogP contribution in [0.4, 0.5) is 0 Å². The number of aromatic hydroxyl groups is 2. The molecule has 0 atom stereocenters. The Balaban J connectivity index is 3.13. The summed E-state index contributed by atoms with van der Waals surface area (Å²) < 4.78 is 4.75. The van der Waals surface area contributed by atoms with Gasteiger partial charge in [-0.15, -0.1) is 0 Å². The SMILES string of the molecule is CCC(=O)c1c(O)cc(O)cc1OC(=O)/C=C\C(=O)O. The number of aliphatic carboxylic acids is 1.